The third-order valence-electron chi connectivity index (χ3n) is 3.51. The van der Waals surface area contributed by atoms with E-state index in [1.807, 2.05) is 36.4 Å². The van der Waals surface area contributed by atoms with E-state index in [1.54, 1.807) is 13.0 Å². The Morgan fingerprint density at radius 2 is 1.86 bits per heavy atom. The molecule has 0 aliphatic rings. The maximum atomic E-state index is 13.6. The minimum Gasteiger partial charge on any atom is -0.486 e. The second kappa shape index (κ2) is 7.79. The zero-order valence-electron chi connectivity index (χ0n) is 12.4. The van der Waals surface area contributed by atoms with Crippen LogP contribution in [0.1, 0.15) is 36.5 Å². The molecule has 0 aliphatic heterocycles. The molecule has 3 heteroatoms. The fraction of sp³-hybridized carbons (Fsp3) is 0.333. The monoisotopic (exact) mass is 287 g/mol. The summed E-state index contributed by atoms with van der Waals surface area (Å²) in [6.07, 6.45) is 2.76. The van der Waals surface area contributed by atoms with E-state index in [2.05, 4.69) is 0 Å². The maximum Gasteiger partial charge on any atom is 0.129 e. The molecule has 2 rings (SSSR count). The standard InChI is InChI=1S/C18H22FNO/c1-14-10-11-16(13-17(14)19)21-18(9-5-6-12-20)15-7-3-2-4-8-15/h2-4,7-8,10-11,13,18H,5-6,9,12,20H2,1H3/t18-/m1/s1. The van der Waals surface area contributed by atoms with Crippen LogP contribution in [-0.2, 0) is 0 Å². The smallest absolute Gasteiger partial charge is 0.129 e. The van der Waals surface area contributed by atoms with Crippen molar-refractivity contribution in [1.82, 2.24) is 0 Å². The number of halogens is 1. The molecule has 0 aromatic heterocycles. The van der Waals surface area contributed by atoms with Gasteiger partial charge in [0.1, 0.15) is 17.7 Å². The van der Waals surface area contributed by atoms with E-state index in [1.165, 1.54) is 6.07 Å². The van der Waals surface area contributed by atoms with Crippen molar-refractivity contribution in [2.45, 2.75) is 32.3 Å². The third-order valence-corrected chi connectivity index (χ3v) is 3.51. The van der Waals surface area contributed by atoms with Gasteiger partial charge in [0.05, 0.1) is 0 Å². The molecule has 0 saturated heterocycles. The minimum absolute atomic E-state index is 0.0696. The summed E-state index contributed by atoms with van der Waals surface area (Å²) in [6.45, 7) is 2.43. The molecule has 2 aromatic rings. The second-order valence-corrected chi connectivity index (χ2v) is 5.21. The van der Waals surface area contributed by atoms with Crippen LogP contribution in [0.15, 0.2) is 48.5 Å². The lowest BCUT2D eigenvalue weighted by Gasteiger charge is -2.20. The number of nitrogens with two attached hydrogens (primary N) is 1. The second-order valence-electron chi connectivity index (χ2n) is 5.21. The lowest BCUT2D eigenvalue weighted by Crippen LogP contribution is -2.09. The third kappa shape index (κ3) is 4.57. The Morgan fingerprint density at radius 1 is 1.10 bits per heavy atom. The Bertz CT molecular complexity index is 556. The van der Waals surface area contributed by atoms with Gasteiger partial charge in [-0.15, -0.1) is 0 Å². The molecule has 1 atom stereocenters. The number of aryl methyl sites for hydroxylation is 1. The maximum absolute atomic E-state index is 13.6. The summed E-state index contributed by atoms with van der Waals surface area (Å²) < 4.78 is 19.6. The summed E-state index contributed by atoms with van der Waals surface area (Å²) in [5.41, 5.74) is 7.29. The Morgan fingerprint density at radius 3 is 2.52 bits per heavy atom. The molecule has 0 aliphatic carbocycles. The Balaban J connectivity index is 2.13. The largest absolute Gasteiger partial charge is 0.486 e. The minimum atomic E-state index is -0.235. The number of unbranched alkanes of at least 4 members (excludes halogenated alkanes) is 1. The fourth-order valence-corrected chi connectivity index (χ4v) is 2.25. The molecule has 0 amide bonds. The number of hydrogen-bond donors (Lipinski definition) is 1. The van der Waals surface area contributed by atoms with E-state index in [-0.39, 0.29) is 11.9 Å². The number of benzene rings is 2. The Labute approximate surface area is 125 Å². The molecule has 2 aromatic carbocycles. The highest BCUT2D eigenvalue weighted by Gasteiger charge is 2.13. The van der Waals surface area contributed by atoms with Crippen molar-refractivity contribution in [3.8, 4) is 5.75 Å². The number of hydrogen-bond acceptors (Lipinski definition) is 2. The molecule has 0 bridgehead atoms. The van der Waals surface area contributed by atoms with Crippen LogP contribution in [0.3, 0.4) is 0 Å². The van der Waals surface area contributed by atoms with Crippen LogP contribution in [-0.4, -0.2) is 6.54 Å². The normalized spacial score (nSPS) is 12.1. The molecular formula is C18H22FNO. The van der Waals surface area contributed by atoms with Gasteiger partial charge in [-0.2, -0.15) is 0 Å². The van der Waals surface area contributed by atoms with Crippen molar-refractivity contribution in [3.63, 3.8) is 0 Å². The van der Waals surface area contributed by atoms with E-state index in [9.17, 15) is 4.39 Å². The van der Waals surface area contributed by atoms with Gasteiger partial charge in [-0.05, 0) is 49.9 Å². The van der Waals surface area contributed by atoms with Gasteiger partial charge in [-0.1, -0.05) is 36.4 Å². The molecule has 0 unspecified atom stereocenters. The molecule has 21 heavy (non-hydrogen) atoms. The first-order valence-electron chi connectivity index (χ1n) is 7.38. The molecule has 0 radical (unpaired) electrons. The van der Waals surface area contributed by atoms with E-state index in [0.717, 1.165) is 24.8 Å². The fourth-order valence-electron chi connectivity index (χ4n) is 2.25. The first kappa shape index (κ1) is 15.5. The predicted molar refractivity (Wildman–Crippen MR) is 83.9 cm³/mol. The van der Waals surface area contributed by atoms with Crippen molar-refractivity contribution in [3.05, 3.63) is 65.5 Å². The Kier molecular flexibility index (Phi) is 5.76. The summed E-state index contributed by atoms with van der Waals surface area (Å²) in [6, 6.07) is 15.0. The van der Waals surface area contributed by atoms with Gasteiger partial charge in [0, 0.05) is 6.07 Å². The highest BCUT2D eigenvalue weighted by atomic mass is 19.1. The van der Waals surface area contributed by atoms with Gasteiger partial charge >= 0.3 is 0 Å². The van der Waals surface area contributed by atoms with E-state index in [0.29, 0.717) is 17.9 Å². The molecule has 2 N–H and O–H groups in total. The highest BCUT2D eigenvalue weighted by molar-refractivity contribution is 5.29. The van der Waals surface area contributed by atoms with Crippen molar-refractivity contribution in [2.75, 3.05) is 6.54 Å². The zero-order chi connectivity index (χ0) is 15.1. The van der Waals surface area contributed by atoms with Crippen LogP contribution >= 0.6 is 0 Å². The van der Waals surface area contributed by atoms with Gasteiger partial charge < -0.3 is 10.5 Å². The van der Waals surface area contributed by atoms with Gasteiger partial charge in [-0.3, -0.25) is 0 Å². The quantitative estimate of drug-likeness (QED) is 0.767. The predicted octanol–water partition coefficient (Wildman–Crippen LogP) is 4.38. The first-order chi connectivity index (χ1) is 10.2. The van der Waals surface area contributed by atoms with Gasteiger partial charge in [0.25, 0.3) is 0 Å². The molecule has 112 valence electrons. The lowest BCUT2D eigenvalue weighted by atomic mass is 10.0. The van der Waals surface area contributed by atoms with Crippen molar-refractivity contribution in [1.29, 1.82) is 0 Å². The number of ether oxygens (including phenoxy) is 1. The molecule has 0 heterocycles. The van der Waals surface area contributed by atoms with Gasteiger partial charge in [0.2, 0.25) is 0 Å². The van der Waals surface area contributed by atoms with Gasteiger partial charge in [0.15, 0.2) is 0 Å². The summed E-state index contributed by atoms with van der Waals surface area (Å²) >= 11 is 0. The van der Waals surface area contributed by atoms with Crippen LogP contribution in [0.2, 0.25) is 0 Å². The van der Waals surface area contributed by atoms with Crippen LogP contribution in [0, 0.1) is 12.7 Å². The van der Waals surface area contributed by atoms with Crippen molar-refractivity contribution < 1.29 is 9.13 Å². The Hall–Kier alpha value is -1.87. The topological polar surface area (TPSA) is 35.2 Å². The molecular weight excluding hydrogens is 265 g/mol. The van der Waals surface area contributed by atoms with Gasteiger partial charge in [-0.25, -0.2) is 4.39 Å². The van der Waals surface area contributed by atoms with Crippen molar-refractivity contribution in [2.24, 2.45) is 5.73 Å². The highest BCUT2D eigenvalue weighted by Crippen LogP contribution is 2.27. The SMILES string of the molecule is Cc1ccc(O[C@H](CCCCN)c2ccccc2)cc1F. The van der Waals surface area contributed by atoms with Crippen LogP contribution in [0.5, 0.6) is 5.75 Å². The molecule has 0 spiro atoms. The average Bonchev–Trinajstić information content (AvgIpc) is 2.51. The number of rotatable bonds is 7. The average molecular weight is 287 g/mol. The lowest BCUT2D eigenvalue weighted by molar-refractivity contribution is 0.190. The van der Waals surface area contributed by atoms with E-state index < -0.39 is 0 Å². The summed E-state index contributed by atoms with van der Waals surface area (Å²) in [5, 5.41) is 0. The van der Waals surface area contributed by atoms with E-state index in [4.69, 9.17) is 10.5 Å². The summed E-state index contributed by atoms with van der Waals surface area (Å²) in [5.74, 6) is 0.334. The summed E-state index contributed by atoms with van der Waals surface area (Å²) in [4.78, 5) is 0. The van der Waals surface area contributed by atoms with E-state index >= 15 is 0 Å². The van der Waals surface area contributed by atoms with Crippen molar-refractivity contribution >= 4 is 0 Å². The van der Waals surface area contributed by atoms with Crippen LogP contribution < -0.4 is 10.5 Å². The summed E-state index contributed by atoms with van der Waals surface area (Å²) in [7, 11) is 0. The van der Waals surface area contributed by atoms with Crippen LogP contribution in [0.25, 0.3) is 0 Å². The zero-order valence-corrected chi connectivity index (χ0v) is 12.4. The molecule has 0 fully saturated rings. The molecule has 2 nitrogen and oxygen atoms in total. The molecule has 0 saturated carbocycles. The first-order valence-corrected chi connectivity index (χ1v) is 7.38. The van der Waals surface area contributed by atoms with Crippen LogP contribution in [0.4, 0.5) is 4.39 Å².